The number of pyridine rings is 1. The summed E-state index contributed by atoms with van der Waals surface area (Å²) in [5.74, 6) is 0.474. The molecular formula is C14H14FIN2O. The van der Waals surface area contributed by atoms with Crippen molar-refractivity contribution in [2.75, 3.05) is 14.2 Å². The van der Waals surface area contributed by atoms with Crippen molar-refractivity contribution in [3.63, 3.8) is 0 Å². The second-order valence-corrected chi connectivity index (χ2v) is 5.21. The normalized spacial score (nSPS) is 12.2. The van der Waals surface area contributed by atoms with Crippen LogP contribution in [0.1, 0.15) is 17.2 Å². The zero-order valence-electron chi connectivity index (χ0n) is 10.7. The van der Waals surface area contributed by atoms with Crippen LogP contribution in [0.2, 0.25) is 0 Å². The summed E-state index contributed by atoms with van der Waals surface area (Å²) < 4.78 is 19.2. The van der Waals surface area contributed by atoms with Crippen LogP contribution >= 0.6 is 22.6 Å². The van der Waals surface area contributed by atoms with Gasteiger partial charge in [0.15, 0.2) is 0 Å². The SMILES string of the molecule is CNC(c1cncc(OC)c1)c1ccc(F)cc1I. The number of ether oxygens (including phenoxy) is 1. The highest BCUT2D eigenvalue weighted by atomic mass is 127. The van der Waals surface area contributed by atoms with E-state index in [-0.39, 0.29) is 11.9 Å². The maximum Gasteiger partial charge on any atom is 0.137 e. The number of aromatic nitrogens is 1. The van der Waals surface area contributed by atoms with E-state index in [2.05, 4.69) is 32.9 Å². The summed E-state index contributed by atoms with van der Waals surface area (Å²) in [6, 6.07) is 6.66. The lowest BCUT2D eigenvalue weighted by Crippen LogP contribution is -2.19. The number of benzene rings is 1. The van der Waals surface area contributed by atoms with Gasteiger partial charge in [0.2, 0.25) is 0 Å². The summed E-state index contributed by atoms with van der Waals surface area (Å²) in [6.45, 7) is 0. The van der Waals surface area contributed by atoms with Crippen molar-refractivity contribution in [3.05, 3.63) is 57.2 Å². The predicted octanol–water partition coefficient (Wildman–Crippen LogP) is 3.14. The second-order valence-electron chi connectivity index (χ2n) is 4.05. The van der Waals surface area contributed by atoms with Gasteiger partial charge in [0, 0.05) is 9.77 Å². The first-order valence-corrected chi connectivity index (χ1v) is 6.84. The molecule has 0 fully saturated rings. The average Bonchev–Trinajstić information content (AvgIpc) is 2.42. The molecule has 1 atom stereocenters. The maximum absolute atomic E-state index is 13.2. The van der Waals surface area contributed by atoms with Gasteiger partial charge in [-0.3, -0.25) is 4.98 Å². The van der Waals surface area contributed by atoms with Gasteiger partial charge >= 0.3 is 0 Å². The lowest BCUT2D eigenvalue weighted by Gasteiger charge is -2.19. The number of rotatable bonds is 4. The third kappa shape index (κ3) is 3.22. The maximum atomic E-state index is 13.2. The molecule has 0 saturated carbocycles. The number of hydrogen-bond acceptors (Lipinski definition) is 3. The van der Waals surface area contributed by atoms with Crippen molar-refractivity contribution in [2.45, 2.75) is 6.04 Å². The molecule has 1 heterocycles. The molecule has 2 aromatic rings. The second kappa shape index (κ2) is 6.29. The van der Waals surface area contributed by atoms with E-state index in [0.29, 0.717) is 5.75 Å². The number of nitrogens with zero attached hydrogens (tertiary/aromatic N) is 1. The average molecular weight is 372 g/mol. The van der Waals surface area contributed by atoms with E-state index in [1.165, 1.54) is 12.1 Å². The molecule has 19 heavy (non-hydrogen) atoms. The predicted molar refractivity (Wildman–Crippen MR) is 80.8 cm³/mol. The molecule has 0 aliphatic rings. The molecule has 0 bridgehead atoms. The van der Waals surface area contributed by atoms with Crippen LogP contribution in [-0.2, 0) is 0 Å². The molecule has 2 rings (SSSR count). The van der Waals surface area contributed by atoms with Crippen LogP contribution in [0.3, 0.4) is 0 Å². The first-order chi connectivity index (χ1) is 9.15. The Morgan fingerprint density at radius 2 is 2.11 bits per heavy atom. The zero-order valence-corrected chi connectivity index (χ0v) is 12.8. The largest absolute Gasteiger partial charge is 0.495 e. The molecule has 1 N–H and O–H groups in total. The van der Waals surface area contributed by atoms with Crippen LogP contribution < -0.4 is 10.1 Å². The van der Waals surface area contributed by atoms with Crippen molar-refractivity contribution < 1.29 is 9.13 Å². The van der Waals surface area contributed by atoms with Gasteiger partial charge in [0.1, 0.15) is 11.6 Å². The number of nitrogens with one attached hydrogen (secondary N) is 1. The molecule has 3 nitrogen and oxygen atoms in total. The van der Waals surface area contributed by atoms with Crippen molar-refractivity contribution in [3.8, 4) is 5.75 Å². The summed E-state index contributed by atoms with van der Waals surface area (Å²) in [7, 11) is 3.47. The van der Waals surface area contributed by atoms with Crippen molar-refractivity contribution in [2.24, 2.45) is 0 Å². The third-order valence-corrected chi connectivity index (χ3v) is 3.80. The summed E-state index contributed by atoms with van der Waals surface area (Å²) in [4.78, 5) is 4.16. The van der Waals surface area contributed by atoms with E-state index in [4.69, 9.17) is 4.74 Å². The minimum Gasteiger partial charge on any atom is -0.495 e. The highest BCUT2D eigenvalue weighted by Crippen LogP contribution is 2.27. The Kier molecular flexibility index (Phi) is 4.71. The molecule has 0 amide bonds. The summed E-state index contributed by atoms with van der Waals surface area (Å²) >= 11 is 2.14. The van der Waals surface area contributed by atoms with Gasteiger partial charge in [-0.2, -0.15) is 0 Å². The molecule has 1 aromatic heterocycles. The Morgan fingerprint density at radius 3 is 2.74 bits per heavy atom. The monoisotopic (exact) mass is 372 g/mol. The van der Waals surface area contributed by atoms with E-state index in [1.54, 1.807) is 25.6 Å². The van der Waals surface area contributed by atoms with E-state index in [0.717, 1.165) is 14.7 Å². The molecule has 0 saturated heterocycles. The van der Waals surface area contributed by atoms with Crippen molar-refractivity contribution in [1.29, 1.82) is 0 Å². The van der Waals surface area contributed by atoms with Gasteiger partial charge in [0.25, 0.3) is 0 Å². The Balaban J connectivity index is 2.43. The van der Waals surface area contributed by atoms with Gasteiger partial charge in [-0.25, -0.2) is 4.39 Å². The Hall–Kier alpha value is -1.21. The number of halogens is 2. The number of hydrogen-bond donors (Lipinski definition) is 1. The van der Waals surface area contributed by atoms with Crippen LogP contribution in [0, 0.1) is 9.39 Å². The van der Waals surface area contributed by atoms with Crippen LogP contribution in [-0.4, -0.2) is 19.1 Å². The van der Waals surface area contributed by atoms with E-state index in [9.17, 15) is 4.39 Å². The van der Waals surface area contributed by atoms with E-state index < -0.39 is 0 Å². The minimum atomic E-state index is -0.230. The lowest BCUT2D eigenvalue weighted by molar-refractivity contribution is 0.411. The van der Waals surface area contributed by atoms with Gasteiger partial charge in [-0.05, 0) is 59.0 Å². The molecule has 5 heteroatoms. The molecule has 1 unspecified atom stereocenters. The summed E-state index contributed by atoms with van der Waals surface area (Å²) in [5, 5.41) is 3.22. The van der Waals surface area contributed by atoms with Crippen LogP contribution in [0.15, 0.2) is 36.7 Å². The summed E-state index contributed by atoms with van der Waals surface area (Å²) in [6.07, 6.45) is 3.44. The van der Waals surface area contributed by atoms with Crippen LogP contribution in [0.5, 0.6) is 5.75 Å². The van der Waals surface area contributed by atoms with Gasteiger partial charge in [-0.1, -0.05) is 6.07 Å². The fourth-order valence-corrected chi connectivity index (χ4v) is 2.73. The standard InChI is InChI=1S/C14H14FIN2O/c1-17-14(9-5-11(19-2)8-18-7-9)12-4-3-10(15)6-13(12)16/h3-8,14,17H,1-2H3. The molecule has 0 radical (unpaired) electrons. The Labute approximate surface area is 125 Å². The highest BCUT2D eigenvalue weighted by molar-refractivity contribution is 14.1. The fraction of sp³-hybridized carbons (Fsp3) is 0.214. The molecule has 0 spiro atoms. The molecule has 1 aromatic carbocycles. The van der Waals surface area contributed by atoms with Crippen LogP contribution in [0.4, 0.5) is 4.39 Å². The van der Waals surface area contributed by atoms with Gasteiger partial charge < -0.3 is 10.1 Å². The third-order valence-electron chi connectivity index (χ3n) is 2.87. The highest BCUT2D eigenvalue weighted by Gasteiger charge is 2.16. The molecule has 0 aliphatic carbocycles. The topological polar surface area (TPSA) is 34.2 Å². The van der Waals surface area contributed by atoms with E-state index in [1.807, 2.05) is 13.1 Å². The van der Waals surface area contributed by atoms with Crippen LogP contribution in [0.25, 0.3) is 0 Å². The Bertz CT molecular complexity index is 577. The van der Waals surface area contributed by atoms with Crippen molar-refractivity contribution in [1.82, 2.24) is 10.3 Å². The Morgan fingerprint density at radius 1 is 1.32 bits per heavy atom. The first-order valence-electron chi connectivity index (χ1n) is 5.77. The molecular weight excluding hydrogens is 358 g/mol. The zero-order chi connectivity index (χ0) is 13.8. The molecule has 100 valence electrons. The summed E-state index contributed by atoms with van der Waals surface area (Å²) in [5.41, 5.74) is 1.99. The minimum absolute atomic E-state index is 0.0462. The van der Waals surface area contributed by atoms with E-state index >= 15 is 0 Å². The first kappa shape index (κ1) is 14.2. The lowest BCUT2D eigenvalue weighted by atomic mass is 10.0. The molecule has 0 aliphatic heterocycles. The van der Waals surface area contributed by atoms with Gasteiger partial charge in [-0.15, -0.1) is 0 Å². The van der Waals surface area contributed by atoms with Gasteiger partial charge in [0.05, 0.1) is 19.3 Å². The van der Waals surface area contributed by atoms with Crippen molar-refractivity contribution >= 4 is 22.6 Å². The smallest absolute Gasteiger partial charge is 0.137 e. The fourth-order valence-electron chi connectivity index (χ4n) is 1.94. The number of methoxy groups -OCH3 is 1. The quantitative estimate of drug-likeness (QED) is 0.838.